The Morgan fingerprint density at radius 3 is 1.46 bits per heavy atom. The summed E-state index contributed by atoms with van der Waals surface area (Å²) in [5.74, 6) is 1.42. The Morgan fingerprint density at radius 1 is 0.423 bits per heavy atom. The van der Waals surface area contributed by atoms with Crippen molar-refractivity contribution in [3.05, 3.63) is 239 Å². The van der Waals surface area contributed by atoms with Crippen molar-refractivity contribution in [1.29, 1.82) is 5.26 Å². The van der Waals surface area contributed by atoms with Gasteiger partial charge in [0.25, 0.3) is 0 Å². The van der Waals surface area contributed by atoms with Gasteiger partial charge in [0.2, 0.25) is 0 Å². The maximum atomic E-state index is 9.93. The molecule has 0 bridgehead atoms. The highest BCUT2D eigenvalue weighted by Gasteiger charge is 2.53. The fourth-order valence-electron chi connectivity index (χ4n) is 11.8. The van der Waals surface area contributed by atoms with Crippen LogP contribution in [0, 0.1) is 24.5 Å². The fourth-order valence-corrected chi connectivity index (χ4v) is 11.8. The van der Waals surface area contributed by atoms with Crippen LogP contribution in [-0.2, 0) is 5.41 Å². The lowest BCUT2D eigenvalue weighted by molar-refractivity contribution is 0.436. The van der Waals surface area contributed by atoms with Crippen molar-refractivity contribution >= 4 is 76.8 Å². The van der Waals surface area contributed by atoms with Crippen LogP contribution in [0.5, 0.6) is 11.5 Å². The van der Waals surface area contributed by atoms with Gasteiger partial charge in [0, 0.05) is 49.5 Å². The number of rotatable bonds is 3. The van der Waals surface area contributed by atoms with Gasteiger partial charge in [-0.25, -0.2) is 14.7 Å². The first-order chi connectivity index (χ1) is 35.0. The third-order valence-electron chi connectivity index (χ3n) is 14.7. The highest BCUT2D eigenvalue weighted by Crippen LogP contribution is 2.62. The maximum Gasteiger partial charge on any atom is 0.188 e. The van der Waals surface area contributed by atoms with E-state index in [0.29, 0.717) is 22.8 Å². The Kier molecular flexibility index (Phi) is 7.69. The number of fused-ring (bicyclic) bond motifs is 18. The number of nitriles is 1. The van der Waals surface area contributed by atoms with Crippen molar-refractivity contribution in [3.63, 3.8) is 0 Å². The third-order valence-corrected chi connectivity index (χ3v) is 14.7. The topological polar surface area (TPSA) is 95.2 Å². The molecule has 6 aromatic heterocycles. The molecule has 1 spiro atoms. The molecule has 7 aromatic carbocycles. The summed E-state index contributed by atoms with van der Waals surface area (Å²) in [5, 5.41) is 15.9. The molecule has 0 fully saturated rings. The van der Waals surface area contributed by atoms with Crippen LogP contribution in [0.15, 0.2) is 188 Å². The molecule has 10 nitrogen and oxygen atoms in total. The summed E-state index contributed by atoms with van der Waals surface area (Å²) in [6, 6.07) is 60.0. The molecule has 0 saturated heterocycles. The van der Waals surface area contributed by atoms with E-state index in [9.17, 15) is 5.26 Å². The summed E-state index contributed by atoms with van der Waals surface area (Å²) in [4.78, 5) is 23.0. The lowest BCUT2D eigenvalue weighted by atomic mass is 9.66. The summed E-state index contributed by atoms with van der Waals surface area (Å²) in [5.41, 5.74) is 14.1. The van der Waals surface area contributed by atoms with E-state index in [0.717, 1.165) is 122 Å². The van der Waals surface area contributed by atoms with Crippen molar-refractivity contribution < 1.29 is 4.74 Å². The van der Waals surface area contributed by atoms with Gasteiger partial charge in [-0.05, 0) is 95.7 Å². The molecule has 7 heterocycles. The highest BCUT2D eigenvalue weighted by molar-refractivity contribution is 6.12. The largest absolute Gasteiger partial charge is 0.457 e. The van der Waals surface area contributed by atoms with Crippen LogP contribution in [-0.4, -0.2) is 28.7 Å². The highest BCUT2D eigenvalue weighted by atomic mass is 16.5. The molecule has 1 aliphatic heterocycles. The van der Waals surface area contributed by atoms with Crippen molar-refractivity contribution in [2.75, 3.05) is 0 Å². The predicted octanol–water partition coefficient (Wildman–Crippen LogP) is 14.6. The summed E-state index contributed by atoms with van der Waals surface area (Å²) in [7, 11) is 0. The Morgan fingerprint density at radius 2 is 0.901 bits per heavy atom. The summed E-state index contributed by atoms with van der Waals surface area (Å²) in [6.45, 7) is 15.7. The summed E-state index contributed by atoms with van der Waals surface area (Å²) < 4.78 is 13.7. The molecule has 2 aliphatic rings. The molecule has 0 amide bonds. The zero-order chi connectivity index (χ0) is 47.1. The Bertz CT molecular complexity index is 4500. The SMILES string of the molecule is [C-]#[N+]c1ccc2c(c1)c1ccccc1n2-c1cnc2c(c1)C1(c3ccccc3Oc3ccc(-n4c5ccccc5c5cc(C#N)ncc54)cc31)c1cc(-n3c4ccccc4c4cc([N+]#[C-])ccc43)cnc1-2. The second-order valence-electron chi connectivity index (χ2n) is 18.1. The molecule has 71 heavy (non-hydrogen) atoms. The van der Waals surface area contributed by atoms with Crippen LogP contribution in [0.3, 0.4) is 0 Å². The molecule has 13 aromatic rings. The van der Waals surface area contributed by atoms with Crippen molar-refractivity contribution in [2.45, 2.75) is 5.41 Å². The minimum Gasteiger partial charge on any atom is -0.457 e. The van der Waals surface area contributed by atoms with Crippen LogP contribution in [0.1, 0.15) is 27.9 Å². The number of ether oxygens (including phenoxy) is 1. The molecule has 0 saturated carbocycles. The number of hydrogen-bond acceptors (Lipinski definition) is 5. The number of hydrogen-bond donors (Lipinski definition) is 0. The molecule has 326 valence electrons. The average Bonchev–Trinajstić information content (AvgIpc) is 4.14. The zero-order valence-corrected chi connectivity index (χ0v) is 37.3. The van der Waals surface area contributed by atoms with Gasteiger partial charge in [0.1, 0.15) is 23.3 Å². The number of nitrogens with zero attached hydrogens (tertiary/aromatic N) is 9. The molecule has 0 N–H and O–H groups in total. The van der Waals surface area contributed by atoms with E-state index in [4.69, 9.17) is 27.8 Å². The standard InChI is InChI=1S/C61H31N9O/c1-63-35-19-22-54-44(25-35)41-11-3-8-16-52(41)69(54)39-29-49-59(66-32-39)60-50(30-40(33-67-60)70-53-17-9-4-12-42(53)45-26-36(64-2)20-23-55(45)70)61(49)47-14-6-10-18-57(47)71-58-24-21-38(28-48(58)61)68-51-15-7-5-13-43(51)46-27-37(31-62)65-34-56(46)68/h3-30,32-34H. The second kappa shape index (κ2) is 14.1. The summed E-state index contributed by atoms with van der Waals surface area (Å²) in [6.07, 6.45) is 5.68. The van der Waals surface area contributed by atoms with E-state index >= 15 is 0 Å². The van der Waals surface area contributed by atoms with Crippen LogP contribution in [0.2, 0.25) is 0 Å². The average molecular weight is 906 g/mol. The van der Waals surface area contributed by atoms with E-state index in [1.165, 1.54) is 0 Å². The van der Waals surface area contributed by atoms with Gasteiger partial charge in [0.05, 0.1) is 93.0 Å². The monoisotopic (exact) mass is 905 g/mol. The normalized spacial score (nSPS) is 13.0. The molecule has 10 heteroatoms. The molecule has 0 atom stereocenters. The van der Waals surface area contributed by atoms with Gasteiger partial charge in [-0.2, -0.15) is 5.26 Å². The molecular formula is C61H31N9O. The maximum absolute atomic E-state index is 9.93. The van der Waals surface area contributed by atoms with E-state index in [2.05, 4.69) is 113 Å². The van der Waals surface area contributed by atoms with Gasteiger partial charge in [0.15, 0.2) is 11.4 Å². The van der Waals surface area contributed by atoms with Crippen LogP contribution in [0.25, 0.3) is 104 Å². The number of benzene rings is 7. The Balaban J connectivity index is 1.07. The van der Waals surface area contributed by atoms with E-state index < -0.39 is 5.41 Å². The van der Waals surface area contributed by atoms with Crippen LogP contribution in [0.4, 0.5) is 11.4 Å². The van der Waals surface area contributed by atoms with E-state index in [1.54, 1.807) is 6.20 Å². The first-order valence-electron chi connectivity index (χ1n) is 23.1. The number of aromatic nitrogens is 6. The minimum absolute atomic E-state index is 0.353. The van der Waals surface area contributed by atoms with Crippen LogP contribution < -0.4 is 4.74 Å². The van der Waals surface area contributed by atoms with Crippen molar-refractivity contribution in [1.82, 2.24) is 28.7 Å². The van der Waals surface area contributed by atoms with E-state index in [-0.39, 0.29) is 0 Å². The van der Waals surface area contributed by atoms with Gasteiger partial charge >= 0.3 is 0 Å². The fraction of sp³-hybridized carbons (Fsp3) is 0.0164. The first-order valence-corrected chi connectivity index (χ1v) is 23.1. The molecular weight excluding hydrogens is 875 g/mol. The van der Waals surface area contributed by atoms with Gasteiger partial charge in [-0.15, -0.1) is 0 Å². The number of pyridine rings is 3. The molecule has 15 rings (SSSR count). The molecule has 0 unspecified atom stereocenters. The lowest BCUT2D eigenvalue weighted by Gasteiger charge is -2.39. The Hall–Kier alpha value is -10.3. The number of para-hydroxylation sites is 4. The first kappa shape index (κ1) is 38.7. The smallest absolute Gasteiger partial charge is 0.188 e. The minimum atomic E-state index is -1.03. The van der Waals surface area contributed by atoms with E-state index in [1.807, 2.05) is 103 Å². The van der Waals surface area contributed by atoms with Crippen molar-refractivity contribution in [2.24, 2.45) is 0 Å². The lowest BCUT2D eigenvalue weighted by Crippen LogP contribution is -2.32. The molecule has 0 radical (unpaired) electrons. The van der Waals surface area contributed by atoms with Gasteiger partial charge in [-0.1, -0.05) is 84.9 Å². The zero-order valence-electron chi connectivity index (χ0n) is 37.3. The predicted molar refractivity (Wildman–Crippen MR) is 277 cm³/mol. The van der Waals surface area contributed by atoms with Crippen molar-refractivity contribution in [3.8, 4) is 46.0 Å². The summed E-state index contributed by atoms with van der Waals surface area (Å²) >= 11 is 0. The van der Waals surface area contributed by atoms with Gasteiger partial charge in [-0.3, -0.25) is 9.97 Å². The quantitative estimate of drug-likeness (QED) is 0.165. The van der Waals surface area contributed by atoms with Crippen LogP contribution >= 0.6 is 0 Å². The van der Waals surface area contributed by atoms with Gasteiger partial charge < -0.3 is 18.4 Å². The third kappa shape index (κ3) is 5.08. The Labute approximate surface area is 404 Å². The second-order valence-corrected chi connectivity index (χ2v) is 18.1. The molecule has 1 aliphatic carbocycles.